The van der Waals surface area contributed by atoms with Crippen LogP contribution in [0.3, 0.4) is 0 Å². The Morgan fingerprint density at radius 3 is 2.53 bits per heavy atom. The van der Waals surface area contributed by atoms with E-state index in [4.69, 9.17) is 9.47 Å². The SMILES string of the molecule is CC(=O)Oc1cccc(C(=O)N2CCC3(CC2)CC(=O)c2ccc(C)c(C)c2O3)c1. The minimum absolute atomic E-state index is 0.105. The predicted molar refractivity (Wildman–Crippen MR) is 111 cm³/mol. The summed E-state index contributed by atoms with van der Waals surface area (Å²) in [6.45, 7) is 6.32. The first-order chi connectivity index (χ1) is 14.3. The summed E-state index contributed by atoms with van der Waals surface area (Å²) in [6, 6.07) is 10.4. The minimum atomic E-state index is -0.557. The summed E-state index contributed by atoms with van der Waals surface area (Å²) in [5.41, 5.74) is 2.67. The fraction of sp³-hybridized carbons (Fsp3) is 0.375. The van der Waals surface area contributed by atoms with Gasteiger partial charge >= 0.3 is 5.97 Å². The Balaban J connectivity index is 1.49. The molecule has 1 spiro atoms. The third kappa shape index (κ3) is 3.70. The van der Waals surface area contributed by atoms with E-state index in [9.17, 15) is 14.4 Å². The number of amides is 1. The van der Waals surface area contributed by atoms with Gasteiger partial charge in [-0.05, 0) is 49.2 Å². The summed E-state index contributed by atoms with van der Waals surface area (Å²) >= 11 is 0. The van der Waals surface area contributed by atoms with Gasteiger partial charge in [-0.3, -0.25) is 14.4 Å². The highest BCUT2D eigenvalue weighted by Crippen LogP contribution is 2.41. The lowest BCUT2D eigenvalue weighted by molar-refractivity contribution is -0.131. The molecule has 2 aromatic carbocycles. The summed E-state index contributed by atoms with van der Waals surface area (Å²) in [4.78, 5) is 38.7. The fourth-order valence-corrected chi connectivity index (χ4v) is 4.22. The van der Waals surface area contributed by atoms with Crippen molar-refractivity contribution in [3.8, 4) is 11.5 Å². The standard InChI is InChI=1S/C24H25NO5/c1-15-7-8-20-21(27)14-24(30-22(20)16(15)2)9-11-25(12-10-24)23(28)18-5-4-6-19(13-18)29-17(3)26/h4-8,13H,9-12,14H2,1-3H3. The highest BCUT2D eigenvalue weighted by atomic mass is 16.5. The summed E-state index contributed by atoms with van der Waals surface area (Å²) in [7, 11) is 0. The Bertz CT molecular complexity index is 1030. The zero-order chi connectivity index (χ0) is 21.5. The molecule has 6 nitrogen and oxygen atoms in total. The minimum Gasteiger partial charge on any atom is -0.486 e. The van der Waals surface area contributed by atoms with Gasteiger partial charge in [0.1, 0.15) is 17.1 Å². The molecule has 1 fully saturated rings. The maximum atomic E-state index is 12.9. The summed E-state index contributed by atoms with van der Waals surface area (Å²) in [6.07, 6.45) is 1.54. The van der Waals surface area contributed by atoms with E-state index in [1.807, 2.05) is 26.0 Å². The van der Waals surface area contributed by atoms with Gasteiger partial charge in [0.25, 0.3) is 5.91 Å². The van der Waals surface area contributed by atoms with Crippen molar-refractivity contribution in [3.63, 3.8) is 0 Å². The Morgan fingerprint density at radius 1 is 1.10 bits per heavy atom. The van der Waals surface area contributed by atoms with Crippen molar-refractivity contribution < 1.29 is 23.9 Å². The number of aryl methyl sites for hydroxylation is 1. The zero-order valence-electron chi connectivity index (χ0n) is 17.5. The third-order valence-corrected chi connectivity index (χ3v) is 6.08. The van der Waals surface area contributed by atoms with E-state index < -0.39 is 11.6 Å². The highest BCUT2D eigenvalue weighted by Gasteiger charge is 2.44. The normalized spacial score (nSPS) is 17.3. The van der Waals surface area contributed by atoms with Crippen LogP contribution in [0.15, 0.2) is 36.4 Å². The van der Waals surface area contributed by atoms with Crippen LogP contribution in [0.25, 0.3) is 0 Å². The lowest BCUT2D eigenvalue weighted by Crippen LogP contribution is -2.52. The number of esters is 1. The molecule has 0 unspecified atom stereocenters. The van der Waals surface area contributed by atoms with Gasteiger partial charge < -0.3 is 14.4 Å². The highest BCUT2D eigenvalue weighted by molar-refractivity contribution is 6.01. The van der Waals surface area contributed by atoms with Gasteiger partial charge in [0.15, 0.2) is 5.78 Å². The van der Waals surface area contributed by atoms with Crippen LogP contribution in [0.1, 0.15) is 58.0 Å². The van der Waals surface area contributed by atoms with E-state index in [0.29, 0.717) is 55.0 Å². The largest absolute Gasteiger partial charge is 0.486 e. The Labute approximate surface area is 175 Å². The molecule has 6 heteroatoms. The van der Waals surface area contributed by atoms with E-state index in [0.717, 1.165) is 11.1 Å². The molecule has 2 heterocycles. The van der Waals surface area contributed by atoms with Gasteiger partial charge in [-0.25, -0.2) is 0 Å². The van der Waals surface area contributed by atoms with Gasteiger partial charge in [-0.2, -0.15) is 0 Å². The topological polar surface area (TPSA) is 72.9 Å². The number of ketones is 1. The summed E-state index contributed by atoms with van der Waals surface area (Å²) in [5.74, 6) is 0.608. The van der Waals surface area contributed by atoms with Crippen LogP contribution in [0, 0.1) is 13.8 Å². The Hall–Kier alpha value is -3.15. The quantitative estimate of drug-likeness (QED) is 0.558. The maximum absolute atomic E-state index is 12.9. The van der Waals surface area contributed by atoms with Crippen LogP contribution < -0.4 is 9.47 Å². The van der Waals surface area contributed by atoms with Crippen LogP contribution in [-0.2, 0) is 4.79 Å². The molecule has 0 radical (unpaired) electrons. The molecular weight excluding hydrogens is 382 g/mol. The molecule has 30 heavy (non-hydrogen) atoms. The van der Waals surface area contributed by atoms with E-state index in [1.165, 1.54) is 6.92 Å². The van der Waals surface area contributed by atoms with Crippen LogP contribution in [0.4, 0.5) is 0 Å². The van der Waals surface area contributed by atoms with Gasteiger partial charge in [-0.1, -0.05) is 12.1 Å². The number of nitrogens with zero attached hydrogens (tertiary/aromatic N) is 1. The Morgan fingerprint density at radius 2 is 1.83 bits per heavy atom. The smallest absolute Gasteiger partial charge is 0.308 e. The maximum Gasteiger partial charge on any atom is 0.308 e. The molecule has 4 rings (SSSR count). The summed E-state index contributed by atoms with van der Waals surface area (Å²) < 4.78 is 11.5. The number of piperidine rings is 1. The van der Waals surface area contributed by atoms with Crippen molar-refractivity contribution in [1.82, 2.24) is 4.90 Å². The number of Topliss-reactive ketones (excluding diaryl/α,β-unsaturated/α-hetero) is 1. The first-order valence-corrected chi connectivity index (χ1v) is 10.2. The van der Waals surface area contributed by atoms with Crippen LogP contribution in [-0.4, -0.2) is 41.3 Å². The van der Waals surface area contributed by atoms with E-state index >= 15 is 0 Å². The monoisotopic (exact) mass is 407 g/mol. The Kier molecular flexibility index (Phi) is 5.10. The predicted octanol–water partition coefficient (Wildman–Crippen LogP) is 3.87. The third-order valence-electron chi connectivity index (χ3n) is 6.08. The van der Waals surface area contributed by atoms with E-state index in [-0.39, 0.29) is 11.7 Å². The number of fused-ring (bicyclic) bond motifs is 1. The number of carbonyl (C=O) groups excluding carboxylic acids is 3. The molecule has 2 aliphatic heterocycles. The summed E-state index contributed by atoms with van der Waals surface area (Å²) in [5, 5.41) is 0. The first kappa shape index (κ1) is 20.1. The van der Waals surface area contributed by atoms with Crippen molar-refractivity contribution in [1.29, 1.82) is 0 Å². The number of likely N-dealkylation sites (tertiary alicyclic amines) is 1. The number of ether oxygens (including phenoxy) is 2. The average Bonchev–Trinajstić information content (AvgIpc) is 2.71. The van der Waals surface area contributed by atoms with Crippen molar-refractivity contribution in [2.45, 2.75) is 45.6 Å². The van der Waals surface area contributed by atoms with E-state index in [1.54, 1.807) is 29.2 Å². The van der Waals surface area contributed by atoms with Crippen LogP contribution >= 0.6 is 0 Å². The van der Waals surface area contributed by atoms with Crippen molar-refractivity contribution in [2.75, 3.05) is 13.1 Å². The van der Waals surface area contributed by atoms with Gasteiger partial charge in [-0.15, -0.1) is 0 Å². The molecule has 2 aromatic rings. The first-order valence-electron chi connectivity index (χ1n) is 10.2. The fourth-order valence-electron chi connectivity index (χ4n) is 4.22. The second-order valence-corrected chi connectivity index (χ2v) is 8.18. The number of hydrogen-bond donors (Lipinski definition) is 0. The lowest BCUT2D eigenvalue weighted by Gasteiger charge is -2.44. The zero-order valence-corrected chi connectivity index (χ0v) is 17.5. The van der Waals surface area contributed by atoms with Gasteiger partial charge in [0.05, 0.1) is 12.0 Å². The van der Waals surface area contributed by atoms with Gasteiger partial charge in [0, 0.05) is 38.4 Å². The second-order valence-electron chi connectivity index (χ2n) is 8.18. The van der Waals surface area contributed by atoms with Crippen LogP contribution in [0.2, 0.25) is 0 Å². The molecule has 0 atom stereocenters. The molecule has 2 aliphatic rings. The average molecular weight is 407 g/mol. The lowest BCUT2D eigenvalue weighted by atomic mass is 9.81. The molecule has 156 valence electrons. The molecule has 0 aromatic heterocycles. The van der Waals surface area contributed by atoms with Crippen LogP contribution in [0.5, 0.6) is 11.5 Å². The van der Waals surface area contributed by atoms with Crippen molar-refractivity contribution in [2.24, 2.45) is 0 Å². The van der Waals surface area contributed by atoms with E-state index in [2.05, 4.69) is 0 Å². The number of hydrogen-bond acceptors (Lipinski definition) is 5. The number of rotatable bonds is 2. The molecule has 1 saturated heterocycles. The number of benzene rings is 2. The molecule has 0 saturated carbocycles. The molecule has 0 N–H and O–H groups in total. The molecule has 0 bridgehead atoms. The van der Waals surface area contributed by atoms with Crippen molar-refractivity contribution in [3.05, 3.63) is 58.7 Å². The molecule has 0 aliphatic carbocycles. The molecular formula is C24H25NO5. The second kappa shape index (κ2) is 7.59. The molecule has 1 amide bonds. The van der Waals surface area contributed by atoms with Crippen molar-refractivity contribution >= 4 is 17.7 Å². The van der Waals surface area contributed by atoms with Gasteiger partial charge in [0.2, 0.25) is 0 Å². The number of carbonyl (C=O) groups is 3.